The molecule has 1 aliphatic rings. The van der Waals surface area contributed by atoms with Gasteiger partial charge in [0.1, 0.15) is 0 Å². The van der Waals surface area contributed by atoms with Crippen molar-refractivity contribution in [3.8, 4) is 0 Å². The molecule has 1 fully saturated rings. The highest BCUT2D eigenvalue weighted by Gasteiger charge is 2.22. The van der Waals surface area contributed by atoms with Crippen LogP contribution in [0.4, 0.5) is 0 Å². The Morgan fingerprint density at radius 3 is 2.47 bits per heavy atom. The summed E-state index contributed by atoms with van der Waals surface area (Å²) in [6, 6.07) is 9.59. The van der Waals surface area contributed by atoms with Crippen molar-refractivity contribution in [2.24, 2.45) is 5.92 Å². The predicted molar refractivity (Wildman–Crippen MR) is 79.6 cm³/mol. The molecular weight excluding hydrogens is 258 g/mol. The number of rotatable bonds is 5. The third kappa shape index (κ3) is 4.24. The van der Waals surface area contributed by atoms with Crippen LogP contribution in [0.5, 0.6) is 0 Å². The van der Waals surface area contributed by atoms with E-state index in [2.05, 4.69) is 0 Å². The number of unbranched alkanes of at least 4 members (excludes halogenated alkanes) is 1. The standard InChI is InChI=1S/C16H22ClNO/c17-11-5-4-6-14-9-12-18(13-10-14)16(19)15-7-2-1-3-8-15/h1-3,7-8,14H,4-6,9-13H2. The van der Waals surface area contributed by atoms with E-state index in [0.29, 0.717) is 0 Å². The van der Waals surface area contributed by atoms with Crippen molar-refractivity contribution in [2.75, 3.05) is 19.0 Å². The second-order valence-electron chi connectivity index (χ2n) is 5.29. The third-order valence-corrected chi connectivity index (χ3v) is 4.19. The molecule has 0 aromatic heterocycles. The second kappa shape index (κ2) is 7.54. The average molecular weight is 280 g/mol. The molecule has 0 bridgehead atoms. The summed E-state index contributed by atoms with van der Waals surface area (Å²) in [6.45, 7) is 1.80. The number of likely N-dealkylation sites (tertiary alicyclic amines) is 1. The van der Waals surface area contributed by atoms with Gasteiger partial charge in [0, 0.05) is 24.5 Å². The summed E-state index contributed by atoms with van der Waals surface area (Å²) in [6.07, 6.45) is 5.88. The van der Waals surface area contributed by atoms with Crippen molar-refractivity contribution in [3.63, 3.8) is 0 Å². The molecule has 0 saturated carbocycles. The SMILES string of the molecule is O=C(c1ccccc1)N1CCC(CCCCCl)CC1. The van der Waals surface area contributed by atoms with Gasteiger partial charge in [0.2, 0.25) is 0 Å². The Bertz CT molecular complexity index is 385. The molecule has 0 atom stereocenters. The van der Waals surface area contributed by atoms with E-state index in [1.807, 2.05) is 35.2 Å². The van der Waals surface area contributed by atoms with Crippen LogP contribution in [-0.2, 0) is 0 Å². The summed E-state index contributed by atoms with van der Waals surface area (Å²) in [7, 11) is 0. The van der Waals surface area contributed by atoms with Crippen LogP contribution in [0.3, 0.4) is 0 Å². The van der Waals surface area contributed by atoms with E-state index >= 15 is 0 Å². The quantitative estimate of drug-likeness (QED) is 0.590. The smallest absolute Gasteiger partial charge is 0.253 e. The molecule has 2 rings (SSSR count). The summed E-state index contributed by atoms with van der Waals surface area (Å²) in [5, 5.41) is 0. The molecule has 1 aromatic rings. The van der Waals surface area contributed by atoms with Crippen LogP contribution in [-0.4, -0.2) is 29.8 Å². The highest BCUT2D eigenvalue weighted by Crippen LogP contribution is 2.23. The van der Waals surface area contributed by atoms with Gasteiger partial charge in [-0.1, -0.05) is 31.0 Å². The number of hydrogen-bond acceptors (Lipinski definition) is 1. The van der Waals surface area contributed by atoms with Gasteiger partial charge in [-0.05, 0) is 37.3 Å². The molecule has 0 spiro atoms. The predicted octanol–water partition coefficient (Wildman–Crippen LogP) is 3.95. The molecule has 0 N–H and O–H groups in total. The Morgan fingerprint density at radius 2 is 1.84 bits per heavy atom. The molecule has 19 heavy (non-hydrogen) atoms. The fraction of sp³-hybridized carbons (Fsp3) is 0.562. The maximum absolute atomic E-state index is 12.3. The molecule has 1 aromatic carbocycles. The van der Waals surface area contributed by atoms with E-state index in [1.165, 1.54) is 12.8 Å². The molecule has 0 aliphatic carbocycles. The van der Waals surface area contributed by atoms with Gasteiger partial charge < -0.3 is 4.90 Å². The number of benzene rings is 1. The first kappa shape index (κ1) is 14.4. The van der Waals surface area contributed by atoms with E-state index in [9.17, 15) is 4.79 Å². The Morgan fingerprint density at radius 1 is 1.16 bits per heavy atom. The van der Waals surface area contributed by atoms with Crippen LogP contribution in [0.1, 0.15) is 42.5 Å². The van der Waals surface area contributed by atoms with Crippen LogP contribution in [0.25, 0.3) is 0 Å². The van der Waals surface area contributed by atoms with Crippen molar-refractivity contribution < 1.29 is 4.79 Å². The topological polar surface area (TPSA) is 20.3 Å². The highest BCUT2D eigenvalue weighted by atomic mass is 35.5. The Labute approximate surface area is 120 Å². The van der Waals surface area contributed by atoms with Crippen molar-refractivity contribution in [2.45, 2.75) is 32.1 Å². The fourth-order valence-electron chi connectivity index (χ4n) is 2.72. The number of hydrogen-bond donors (Lipinski definition) is 0. The fourth-order valence-corrected chi connectivity index (χ4v) is 2.90. The summed E-state index contributed by atoms with van der Waals surface area (Å²) in [5.74, 6) is 1.73. The summed E-state index contributed by atoms with van der Waals surface area (Å²) >= 11 is 5.70. The van der Waals surface area contributed by atoms with Crippen LogP contribution >= 0.6 is 11.6 Å². The molecule has 3 heteroatoms. The monoisotopic (exact) mass is 279 g/mol. The number of halogens is 1. The zero-order valence-electron chi connectivity index (χ0n) is 11.4. The molecule has 1 amide bonds. The Balaban J connectivity index is 1.78. The van der Waals surface area contributed by atoms with Gasteiger partial charge in [-0.25, -0.2) is 0 Å². The van der Waals surface area contributed by atoms with Crippen molar-refractivity contribution in [1.82, 2.24) is 4.90 Å². The van der Waals surface area contributed by atoms with Crippen molar-refractivity contribution >= 4 is 17.5 Å². The zero-order chi connectivity index (χ0) is 13.5. The molecular formula is C16H22ClNO. The van der Waals surface area contributed by atoms with E-state index in [-0.39, 0.29) is 5.91 Å². The van der Waals surface area contributed by atoms with Gasteiger partial charge in [-0.15, -0.1) is 11.6 Å². The molecule has 2 nitrogen and oxygen atoms in total. The normalized spacial score (nSPS) is 16.6. The van der Waals surface area contributed by atoms with Gasteiger partial charge in [-0.3, -0.25) is 4.79 Å². The minimum absolute atomic E-state index is 0.180. The Hall–Kier alpha value is -1.02. The van der Waals surface area contributed by atoms with Crippen molar-refractivity contribution in [3.05, 3.63) is 35.9 Å². The number of amides is 1. The highest BCUT2D eigenvalue weighted by molar-refractivity contribution is 6.17. The molecule has 1 heterocycles. The summed E-state index contributed by atoms with van der Waals surface area (Å²) in [5.41, 5.74) is 0.808. The van der Waals surface area contributed by atoms with Crippen LogP contribution in [0.2, 0.25) is 0 Å². The summed E-state index contributed by atoms with van der Waals surface area (Å²) in [4.78, 5) is 14.3. The molecule has 1 saturated heterocycles. The maximum atomic E-state index is 12.3. The third-order valence-electron chi connectivity index (χ3n) is 3.92. The first-order valence-corrected chi connectivity index (χ1v) is 7.75. The lowest BCUT2D eigenvalue weighted by Gasteiger charge is -2.32. The molecule has 1 aliphatic heterocycles. The lowest BCUT2D eigenvalue weighted by atomic mass is 9.91. The van der Waals surface area contributed by atoms with Gasteiger partial charge in [-0.2, -0.15) is 0 Å². The van der Waals surface area contributed by atoms with E-state index < -0.39 is 0 Å². The molecule has 104 valence electrons. The van der Waals surface area contributed by atoms with Crippen LogP contribution < -0.4 is 0 Å². The van der Waals surface area contributed by atoms with Crippen molar-refractivity contribution in [1.29, 1.82) is 0 Å². The number of nitrogens with zero attached hydrogens (tertiary/aromatic N) is 1. The van der Waals surface area contributed by atoms with Gasteiger partial charge >= 0.3 is 0 Å². The number of carbonyl (C=O) groups excluding carboxylic acids is 1. The van der Waals surface area contributed by atoms with E-state index in [1.54, 1.807) is 0 Å². The molecule has 0 radical (unpaired) electrons. The van der Waals surface area contributed by atoms with Crippen LogP contribution in [0.15, 0.2) is 30.3 Å². The van der Waals surface area contributed by atoms with Gasteiger partial charge in [0.25, 0.3) is 5.91 Å². The minimum atomic E-state index is 0.180. The zero-order valence-corrected chi connectivity index (χ0v) is 12.1. The lowest BCUT2D eigenvalue weighted by molar-refractivity contribution is 0.0686. The van der Waals surface area contributed by atoms with E-state index in [4.69, 9.17) is 11.6 Å². The van der Waals surface area contributed by atoms with Gasteiger partial charge in [0.15, 0.2) is 0 Å². The van der Waals surface area contributed by atoms with Gasteiger partial charge in [0.05, 0.1) is 0 Å². The first-order valence-electron chi connectivity index (χ1n) is 7.21. The summed E-state index contributed by atoms with van der Waals surface area (Å²) < 4.78 is 0. The van der Waals surface area contributed by atoms with E-state index in [0.717, 1.165) is 49.7 Å². The average Bonchev–Trinajstić information content (AvgIpc) is 2.48. The molecule has 0 unspecified atom stereocenters. The Kier molecular flexibility index (Phi) is 5.71. The largest absolute Gasteiger partial charge is 0.339 e. The number of piperidine rings is 1. The second-order valence-corrected chi connectivity index (χ2v) is 5.66. The first-order chi connectivity index (χ1) is 9.31. The number of alkyl halides is 1. The van der Waals surface area contributed by atoms with Crippen LogP contribution in [0, 0.1) is 5.92 Å². The number of carbonyl (C=O) groups is 1. The minimum Gasteiger partial charge on any atom is -0.339 e. The maximum Gasteiger partial charge on any atom is 0.253 e. The lowest BCUT2D eigenvalue weighted by Crippen LogP contribution is -2.38.